The molecule has 1 aliphatic heterocycles. The largest absolute Gasteiger partial charge is 0.339 e. The van der Waals surface area contributed by atoms with Gasteiger partial charge >= 0.3 is 0 Å². The number of carbonyl (C=O) groups excluding carboxylic acids is 1. The maximum absolute atomic E-state index is 12.4. The molecular formula is C18H21N3O3S2. The van der Waals surface area contributed by atoms with E-state index in [2.05, 4.69) is 9.71 Å². The molecule has 6 nitrogen and oxygen atoms in total. The molecule has 3 rings (SSSR count). The van der Waals surface area contributed by atoms with Gasteiger partial charge in [-0.3, -0.25) is 9.78 Å². The number of nitrogens with one attached hydrogen (secondary N) is 1. The number of thiophene rings is 1. The standard InChI is InChI=1S/C18H21N3O3S2/c22-17(8-7-15-4-1-9-19-12-15)21-10-2-5-16(14-21)13-20-26(23,24)18-6-3-11-25-18/h1,3-4,6-9,11-12,16,20H,2,5,10,13-14H2. The van der Waals surface area contributed by atoms with Crippen LogP contribution in [0.25, 0.3) is 6.08 Å². The molecule has 1 fully saturated rings. The molecule has 1 aliphatic rings. The molecule has 1 saturated heterocycles. The minimum absolute atomic E-state index is 0.0559. The summed E-state index contributed by atoms with van der Waals surface area (Å²) >= 11 is 1.20. The summed E-state index contributed by atoms with van der Waals surface area (Å²) in [5.41, 5.74) is 0.873. The second kappa shape index (κ2) is 8.57. The summed E-state index contributed by atoms with van der Waals surface area (Å²) in [6, 6.07) is 7.01. The number of piperidine rings is 1. The molecule has 2 aromatic heterocycles. The number of likely N-dealkylation sites (tertiary alicyclic amines) is 1. The second-order valence-corrected chi connectivity index (χ2v) is 9.14. The summed E-state index contributed by atoms with van der Waals surface area (Å²) in [6.07, 6.45) is 8.46. The smallest absolute Gasteiger partial charge is 0.250 e. The van der Waals surface area contributed by atoms with E-state index in [1.807, 2.05) is 12.1 Å². The first-order valence-corrected chi connectivity index (χ1v) is 10.8. The van der Waals surface area contributed by atoms with Crippen LogP contribution >= 0.6 is 11.3 Å². The Labute approximate surface area is 157 Å². The molecule has 1 unspecified atom stereocenters. The van der Waals surface area contributed by atoms with Crippen LogP contribution < -0.4 is 4.72 Å². The minimum atomic E-state index is -3.46. The number of carbonyl (C=O) groups is 1. The maximum Gasteiger partial charge on any atom is 0.250 e. The van der Waals surface area contributed by atoms with Crippen molar-refractivity contribution in [1.82, 2.24) is 14.6 Å². The summed E-state index contributed by atoms with van der Waals surface area (Å²) < 4.78 is 27.4. The molecule has 3 heterocycles. The molecule has 0 bridgehead atoms. The molecule has 0 aromatic carbocycles. The van der Waals surface area contributed by atoms with Gasteiger partial charge in [0.15, 0.2) is 0 Å². The van der Waals surface area contributed by atoms with Gasteiger partial charge in [-0.25, -0.2) is 13.1 Å². The first kappa shape index (κ1) is 18.8. The fourth-order valence-corrected chi connectivity index (χ4v) is 5.05. The number of hydrogen-bond acceptors (Lipinski definition) is 5. The van der Waals surface area contributed by atoms with Gasteiger partial charge in [0.1, 0.15) is 4.21 Å². The van der Waals surface area contributed by atoms with Gasteiger partial charge in [-0.1, -0.05) is 12.1 Å². The van der Waals surface area contributed by atoms with Gasteiger partial charge in [-0.2, -0.15) is 0 Å². The molecule has 0 aliphatic carbocycles. The Balaban J connectivity index is 1.54. The first-order chi connectivity index (χ1) is 12.5. The summed E-state index contributed by atoms with van der Waals surface area (Å²) in [6.45, 7) is 1.60. The summed E-state index contributed by atoms with van der Waals surface area (Å²) in [4.78, 5) is 18.2. The van der Waals surface area contributed by atoms with Gasteiger partial charge in [0.2, 0.25) is 15.9 Å². The number of sulfonamides is 1. The van der Waals surface area contributed by atoms with Crippen LogP contribution in [0.15, 0.2) is 52.3 Å². The van der Waals surface area contributed by atoms with E-state index < -0.39 is 10.0 Å². The van der Waals surface area contributed by atoms with Crippen LogP contribution in [0.3, 0.4) is 0 Å². The lowest BCUT2D eigenvalue weighted by atomic mass is 9.98. The van der Waals surface area contributed by atoms with E-state index in [1.165, 1.54) is 11.3 Å². The first-order valence-electron chi connectivity index (χ1n) is 8.45. The number of rotatable bonds is 6. The van der Waals surface area contributed by atoms with Crippen molar-refractivity contribution in [2.24, 2.45) is 5.92 Å². The van der Waals surface area contributed by atoms with Crippen molar-refractivity contribution in [3.8, 4) is 0 Å². The van der Waals surface area contributed by atoms with Crippen LogP contribution in [0, 0.1) is 5.92 Å². The van der Waals surface area contributed by atoms with E-state index in [1.54, 1.807) is 47.0 Å². The lowest BCUT2D eigenvalue weighted by molar-refractivity contribution is -0.127. The van der Waals surface area contributed by atoms with E-state index in [-0.39, 0.29) is 11.8 Å². The van der Waals surface area contributed by atoms with E-state index in [0.29, 0.717) is 23.8 Å². The Bertz CT molecular complexity index is 849. The average Bonchev–Trinajstić information content (AvgIpc) is 3.21. The summed E-state index contributed by atoms with van der Waals surface area (Å²) in [5.74, 6) is 0.0638. The SMILES string of the molecule is O=C(C=Cc1cccnc1)N1CCCC(CNS(=O)(=O)c2cccs2)C1. The summed E-state index contributed by atoms with van der Waals surface area (Å²) in [7, 11) is -3.46. The Morgan fingerprint density at radius 2 is 2.27 bits per heavy atom. The van der Waals surface area contributed by atoms with Gasteiger partial charge in [0.25, 0.3) is 0 Å². The zero-order valence-electron chi connectivity index (χ0n) is 14.2. The molecule has 1 N–H and O–H groups in total. The molecule has 2 aromatic rings. The van der Waals surface area contributed by atoms with Crippen molar-refractivity contribution >= 4 is 33.3 Å². The molecule has 8 heteroatoms. The quantitative estimate of drug-likeness (QED) is 0.767. The molecule has 138 valence electrons. The highest BCUT2D eigenvalue weighted by molar-refractivity contribution is 7.91. The van der Waals surface area contributed by atoms with E-state index in [0.717, 1.165) is 18.4 Å². The van der Waals surface area contributed by atoms with E-state index in [9.17, 15) is 13.2 Å². The lowest BCUT2D eigenvalue weighted by Crippen LogP contribution is -2.43. The molecule has 1 amide bonds. The second-order valence-electron chi connectivity index (χ2n) is 6.20. The fraction of sp³-hybridized carbons (Fsp3) is 0.333. The molecular weight excluding hydrogens is 370 g/mol. The normalized spacial score (nSPS) is 18.3. The lowest BCUT2D eigenvalue weighted by Gasteiger charge is -2.32. The predicted molar refractivity (Wildman–Crippen MR) is 102 cm³/mol. The molecule has 0 spiro atoms. The van der Waals surface area contributed by atoms with Crippen molar-refractivity contribution in [2.75, 3.05) is 19.6 Å². The third-order valence-electron chi connectivity index (χ3n) is 4.26. The van der Waals surface area contributed by atoms with Crippen molar-refractivity contribution in [2.45, 2.75) is 17.1 Å². The maximum atomic E-state index is 12.4. The number of pyridine rings is 1. The minimum Gasteiger partial charge on any atom is -0.339 e. The van der Waals surface area contributed by atoms with Gasteiger partial charge in [-0.05, 0) is 47.9 Å². The molecule has 0 radical (unpaired) electrons. The topological polar surface area (TPSA) is 79.4 Å². The molecule has 1 atom stereocenters. The van der Waals surface area contributed by atoms with E-state index >= 15 is 0 Å². The average molecular weight is 392 g/mol. The van der Waals surface area contributed by atoms with Crippen molar-refractivity contribution in [3.63, 3.8) is 0 Å². The molecule has 0 saturated carbocycles. The van der Waals surface area contributed by atoms with Crippen LogP contribution in [0.2, 0.25) is 0 Å². The van der Waals surface area contributed by atoms with Crippen LogP contribution in [0.1, 0.15) is 18.4 Å². The highest BCUT2D eigenvalue weighted by atomic mass is 32.2. The van der Waals surface area contributed by atoms with Crippen LogP contribution in [-0.2, 0) is 14.8 Å². The number of amides is 1. The predicted octanol–water partition coefficient (Wildman–Crippen LogP) is 2.37. The summed E-state index contributed by atoms with van der Waals surface area (Å²) in [5, 5.41) is 1.74. The highest BCUT2D eigenvalue weighted by Gasteiger charge is 2.24. The van der Waals surface area contributed by atoms with Gasteiger partial charge < -0.3 is 4.90 Å². The van der Waals surface area contributed by atoms with Crippen molar-refractivity contribution < 1.29 is 13.2 Å². The monoisotopic (exact) mass is 391 g/mol. The van der Waals surface area contributed by atoms with Crippen molar-refractivity contribution in [3.05, 3.63) is 53.7 Å². The van der Waals surface area contributed by atoms with Gasteiger partial charge in [0, 0.05) is 38.1 Å². The number of aromatic nitrogens is 1. The van der Waals surface area contributed by atoms with Crippen LogP contribution in [0.5, 0.6) is 0 Å². The zero-order chi connectivity index (χ0) is 18.4. The third kappa shape index (κ3) is 5.00. The number of hydrogen-bond donors (Lipinski definition) is 1. The highest BCUT2D eigenvalue weighted by Crippen LogP contribution is 2.19. The van der Waals surface area contributed by atoms with Gasteiger partial charge in [0.05, 0.1) is 0 Å². The Morgan fingerprint density at radius 1 is 1.38 bits per heavy atom. The Morgan fingerprint density at radius 3 is 3.00 bits per heavy atom. The van der Waals surface area contributed by atoms with Crippen LogP contribution in [-0.4, -0.2) is 43.8 Å². The molecule has 26 heavy (non-hydrogen) atoms. The third-order valence-corrected chi connectivity index (χ3v) is 7.08. The Hall–Kier alpha value is -2.03. The van der Waals surface area contributed by atoms with Crippen LogP contribution in [0.4, 0.5) is 0 Å². The Kier molecular flexibility index (Phi) is 6.18. The van der Waals surface area contributed by atoms with E-state index in [4.69, 9.17) is 0 Å². The number of nitrogens with zero attached hydrogens (tertiary/aromatic N) is 2. The van der Waals surface area contributed by atoms with Gasteiger partial charge in [-0.15, -0.1) is 11.3 Å². The zero-order valence-corrected chi connectivity index (χ0v) is 15.9. The fourth-order valence-electron chi connectivity index (χ4n) is 2.89. The van der Waals surface area contributed by atoms with Crippen molar-refractivity contribution in [1.29, 1.82) is 0 Å².